The van der Waals surface area contributed by atoms with Gasteiger partial charge in [-0.3, -0.25) is 9.59 Å². The number of carbonyl (C=O) groups excluding carboxylic acids is 2. The van der Waals surface area contributed by atoms with Crippen LogP contribution in [0.1, 0.15) is 32.1 Å². The number of fused-ring (bicyclic) bond motifs is 2. The van der Waals surface area contributed by atoms with Gasteiger partial charge < -0.3 is 10.3 Å². The fraction of sp³-hybridized carbons (Fsp3) is 0.538. The van der Waals surface area contributed by atoms with Gasteiger partial charge in [0, 0.05) is 24.8 Å². The number of nitrogens with one attached hydrogen (secondary N) is 1. The van der Waals surface area contributed by atoms with Crippen LogP contribution in [0.4, 0.5) is 0 Å². The van der Waals surface area contributed by atoms with E-state index in [2.05, 4.69) is 0 Å². The summed E-state index contributed by atoms with van der Waals surface area (Å²) in [5.41, 5.74) is 1.42. The molecule has 90 valence electrons. The largest absolute Gasteiger partial charge is 0.633 e. The third-order valence-electron chi connectivity index (χ3n) is 4.04. The molecule has 0 aromatic heterocycles. The van der Waals surface area contributed by atoms with Gasteiger partial charge in [-0.15, -0.1) is 0 Å². The van der Waals surface area contributed by atoms with Gasteiger partial charge >= 0.3 is 0 Å². The van der Waals surface area contributed by atoms with Crippen molar-refractivity contribution in [3.8, 4) is 0 Å². The summed E-state index contributed by atoms with van der Waals surface area (Å²) in [6.07, 6.45) is 7.53. The van der Waals surface area contributed by atoms with Gasteiger partial charge in [-0.1, -0.05) is 6.08 Å². The smallest absolute Gasteiger partial charge is 0.230 e. The monoisotopic (exact) mass is 233 g/mol. The highest BCUT2D eigenvalue weighted by molar-refractivity contribution is 6.44. The third kappa shape index (κ3) is 1.59. The molecule has 0 amide bonds. The summed E-state index contributed by atoms with van der Waals surface area (Å²) in [4.78, 5) is 23.2. The van der Waals surface area contributed by atoms with E-state index in [1.165, 1.54) is 0 Å². The van der Waals surface area contributed by atoms with Crippen LogP contribution in [0.25, 0.3) is 0 Å². The van der Waals surface area contributed by atoms with E-state index in [1.54, 1.807) is 0 Å². The summed E-state index contributed by atoms with van der Waals surface area (Å²) < 4.78 is 0. The summed E-state index contributed by atoms with van der Waals surface area (Å²) in [7, 11) is 0. The lowest BCUT2D eigenvalue weighted by Gasteiger charge is -2.44. The second-order valence-electron chi connectivity index (χ2n) is 5.03. The van der Waals surface area contributed by atoms with Crippen LogP contribution in [-0.2, 0) is 9.59 Å². The molecule has 0 saturated heterocycles. The predicted octanol–water partition coefficient (Wildman–Crippen LogP) is 0.0886. The molecule has 17 heavy (non-hydrogen) atoms. The zero-order chi connectivity index (χ0) is 12.0. The quantitative estimate of drug-likeness (QED) is 0.476. The number of rotatable bonds is 0. The fourth-order valence-corrected chi connectivity index (χ4v) is 3.11. The Kier molecular flexibility index (Phi) is 2.49. The van der Waals surface area contributed by atoms with Gasteiger partial charge in [0.15, 0.2) is 0 Å². The zero-order valence-corrected chi connectivity index (χ0v) is 9.57. The number of carbonyl (C=O) groups is 2. The van der Waals surface area contributed by atoms with Crippen molar-refractivity contribution in [2.45, 2.75) is 44.2 Å². The second-order valence-corrected chi connectivity index (χ2v) is 5.03. The first kappa shape index (κ1) is 10.9. The molecule has 3 aliphatic rings. The molecular formula is C13H15NO3. The lowest BCUT2D eigenvalue weighted by atomic mass is 9.79. The standard InChI is InChI=1S/C13H15NO3/c15-12-6-5-11-9(13(12)16)7-8-3-1-2-4-10(8)14(11)17/h3,7,10-11,14H,1-2,4-6H2. The maximum Gasteiger partial charge on any atom is 0.230 e. The number of allylic oxidation sites excluding steroid dienone is 1. The Morgan fingerprint density at radius 1 is 1.24 bits per heavy atom. The van der Waals surface area contributed by atoms with Gasteiger partial charge in [-0.2, -0.15) is 0 Å². The van der Waals surface area contributed by atoms with Crippen molar-refractivity contribution < 1.29 is 14.7 Å². The molecule has 3 unspecified atom stereocenters. The van der Waals surface area contributed by atoms with Crippen LogP contribution in [0.15, 0.2) is 23.3 Å². The van der Waals surface area contributed by atoms with Crippen molar-refractivity contribution in [2.24, 2.45) is 0 Å². The average Bonchev–Trinajstić information content (AvgIpc) is 2.35. The first-order valence-electron chi connectivity index (χ1n) is 6.21. The van der Waals surface area contributed by atoms with Gasteiger partial charge in [0.05, 0.1) is 5.57 Å². The summed E-state index contributed by atoms with van der Waals surface area (Å²) in [6, 6.07) is -0.320. The van der Waals surface area contributed by atoms with E-state index < -0.39 is 5.78 Å². The molecule has 1 heterocycles. The second kappa shape index (κ2) is 3.89. The van der Waals surface area contributed by atoms with E-state index in [9.17, 15) is 14.8 Å². The van der Waals surface area contributed by atoms with E-state index in [1.807, 2.05) is 12.2 Å². The molecule has 4 heteroatoms. The third-order valence-corrected chi connectivity index (χ3v) is 4.04. The normalized spacial score (nSPS) is 36.9. The van der Waals surface area contributed by atoms with Crippen LogP contribution in [-0.4, -0.2) is 23.7 Å². The Morgan fingerprint density at radius 2 is 2.06 bits per heavy atom. The minimum Gasteiger partial charge on any atom is -0.633 e. The Hall–Kier alpha value is -1.26. The molecule has 0 aromatic rings. The number of quaternary nitrogens is 1. The lowest BCUT2D eigenvalue weighted by Crippen LogP contribution is -3.16. The van der Waals surface area contributed by atoms with Crippen molar-refractivity contribution in [3.05, 3.63) is 28.5 Å². The van der Waals surface area contributed by atoms with Gasteiger partial charge in [0.2, 0.25) is 11.6 Å². The van der Waals surface area contributed by atoms with E-state index in [-0.39, 0.29) is 29.4 Å². The van der Waals surface area contributed by atoms with Gasteiger partial charge in [-0.05, 0) is 18.9 Å². The summed E-state index contributed by atoms with van der Waals surface area (Å²) in [6.45, 7) is 0. The summed E-state index contributed by atoms with van der Waals surface area (Å²) >= 11 is 0. The van der Waals surface area contributed by atoms with E-state index in [0.717, 1.165) is 24.8 Å². The molecule has 4 nitrogen and oxygen atoms in total. The summed E-state index contributed by atoms with van der Waals surface area (Å²) in [5.74, 6) is -0.769. The van der Waals surface area contributed by atoms with Gasteiger partial charge in [-0.25, -0.2) is 0 Å². The van der Waals surface area contributed by atoms with Crippen LogP contribution >= 0.6 is 0 Å². The number of Topliss-reactive ketones (excluding diaryl/α,β-unsaturated/α-hetero) is 2. The highest BCUT2D eigenvalue weighted by Gasteiger charge is 2.42. The topological polar surface area (TPSA) is 61.6 Å². The van der Waals surface area contributed by atoms with Crippen LogP contribution in [0.3, 0.4) is 0 Å². The van der Waals surface area contributed by atoms with Gasteiger partial charge in [0.1, 0.15) is 12.1 Å². The van der Waals surface area contributed by atoms with E-state index >= 15 is 0 Å². The Bertz CT molecular complexity index is 450. The molecule has 0 aromatic carbocycles. The molecule has 1 fully saturated rings. The maximum atomic E-state index is 12.3. The van der Waals surface area contributed by atoms with Crippen LogP contribution in [0.5, 0.6) is 0 Å². The Morgan fingerprint density at radius 3 is 2.88 bits per heavy atom. The molecule has 2 aliphatic carbocycles. The maximum absolute atomic E-state index is 12.3. The molecule has 1 saturated carbocycles. The van der Waals surface area contributed by atoms with Crippen LogP contribution < -0.4 is 5.06 Å². The lowest BCUT2D eigenvalue weighted by molar-refractivity contribution is -0.892. The molecular weight excluding hydrogens is 218 g/mol. The predicted molar refractivity (Wildman–Crippen MR) is 61.2 cm³/mol. The molecule has 3 rings (SSSR count). The number of hydrogen-bond acceptors (Lipinski definition) is 3. The fourth-order valence-electron chi connectivity index (χ4n) is 3.11. The first-order valence-corrected chi connectivity index (χ1v) is 6.21. The molecule has 1 N–H and O–H groups in total. The minimum atomic E-state index is -0.431. The molecule has 0 spiro atoms. The minimum absolute atomic E-state index is 0.0153. The molecule has 1 aliphatic heterocycles. The van der Waals surface area contributed by atoms with Crippen molar-refractivity contribution in [1.82, 2.24) is 0 Å². The van der Waals surface area contributed by atoms with Crippen LogP contribution in [0, 0.1) is 5.21 Å². The van der Waals surface area contributed by atoms with Crippen molar-refractivity contribution >= 4 is 11.6 Å². The van der Waals surface area contributed by atoms with E-state index in [0.29, 0.717) is 12.0 Å². The van der Waals surface area contributed by atoms with Crippen molar-refractivity contribution in [3.63, 3.8) is 0 Å². The van der Waals surface area contributed by atoms with Crippen molar-refractivity contribution in [1.29, 1.82) is 0 Å². The SMILES string of the molecule is O=C1CCC2C(=CC3=CCCCC3[NH+]2[O-])C1=O. The Labute approximate surface area is 99.6 Å². The summed E-state index contributed by atoms with van der Waals surface area (Å²) in [5, 5.41) is 12.5. The zero-order valence-electron chi connectivity index (χ0n) is 9.57. The first-order chi connectivity index (χ1) is 8.18. The molecule has 0 radical (unpaired) electrons. The van der Waals surface area contributed by atoms with E-state index in [4.69, 9.17) is 0 Å². The van der Waals surface area contributed by atoms with Gasteiger partial charge in [0.25, 0.3) is 0 Å². The highest BCUT2D eigenvalue weighted by Crippen LogP contribution is 2.27. The number of hydrogen-bond donors (Lipinski definition) is 1. The number of ketones is 2. The number of hydroxylamine groups is 2. The average molecular weight is 233 g/mol. The molecule has 3 atom stereocenters. The van der Waals surface area contributed by atoms with Crippen molar-refractivity contribution in [2.75, 3.05) is 0 Å². The Balaban J connectivity index is 2.04. The molecule has 0 bridgehead atoms. The highest BCUT2D eigenvalue weighted by atomic mass is 16.5. The van der Waals surface area contributed by atoms with Crippen LogP contribution in [0.2, 0.25) is 0 Å².